The van der Waals surface area contributed by atoms with E-state index in [1.54, 1.807) is 0 Å². The van der Waals surface area contributed by atoms with Gasteiger partial charge in [-0.05, 0) is 54.7 Å². The molecular weight excluding hydrogens is 252 g/mol. The third kappa shape index (κ3) is 2.16. The minimum Gasteiger partial charge on any atom is -0.337 e. The van der Waals surface area contributed by atoms with Crippen LogP contribution in [0.1, 0.15) is 44.0 Å². The van der Waals surface area contributed by atoms with Crippen LogP contribution in [0.5, 0.6) is 0 Å². The molecule has 100 valence electrons. The Morgan fingerprint density at radius 3 is 2.63 bits per heavy atom. The van der Waals surface area contributed by atoms with Gasteiger partial charge < -0.3 is 4.98 Å². The van der Waals surface area contributed by atoms with Crippen LogP contribution < -0.4 is 0 Å². The van der Waals surface area contributed by atoms with Crippen molar-refractivity contribution in [2.24, 2.45) is 0 Å². The van der Waals surface area contributed by atoms with Crippen LogP contribution in [0.4, 0.5) is 0 Å². The molecule has 2 aromatic rings. The Labute approximate surface area is 119 Å². The molecule has 0 amide bonds. The zero-order valence-corrected chi connectivity index (χ0v) is 12.6. The summed E-state index contributed by atoms with van der Waals surface area (Å²) in [5, 5.41) is 0. The fourth-order valence-electron chi connectivity index (χ4n) is 2.87. The van der Waals surface area contributed by atoms with Gasteiger partial charge in [-0.15, -0.1) is 0 Å². The van der Waals surface area contributed by atoms with Gasteiger partial charge >= 0.3 is 0 Å². The maximum atomic E-state index is 5.46. The average molecular weight is 272 g/mol. The molecule has 0 bridgehead atoms. The summed E-state index contributed by atoms with van der Waals surface area (Å²) in [4.78, 5) is 3.19. The molecule has 0 saturated carbocycles. The Balaban J connectivity index is 2.17. The number of aryl methyl sites for hydroxylation is 2. The zero-order valence-electron chi connectivity index (χ0n) is 11.8. The lowest BCUT2D eigenvalue weighted by Gasteiger charge is -2.21. The lowest BCUT2D eigenvalue weighted by atomic mass is 9.92. The first-order valence-electron chi connectivity index (χ1n) is 6.90. The van der Waals surface area contributed by atoms with Crippen molar-refractivity contribution in [3.05, 3.63) is 46.0 Å². The molecule has 3 rings (SSSR count). The monoisotopic (exact) mass is 272 g/mol. The summed E-state index contributed by atoms with van der Waals surface area (Å²) in [6.07, 6.45) is 5.74. The lowest BCUT2D eigenvalue weighted by Crippen LogP contribution is -2.16. The van der Waals surface area contributed by atoms with E-state index in [-0.39, 0.29) is 5.41 Å². The first-order chi connectivity index (χ1) is 8.97. The van der Waals surface area contributed by atoms with Crippen molar-refractivity contribution in [3.63, 3.8) is 0 Å². The van der Waals surface area contributed by atoms with Gasteiger partial charge in [0.1, 0.15) is 0 Å². The summed E-state index contributed by atoms with van der Waals surface area (Å²) < 4.78 is 2.95. The zero-order chi connectivity index (χ0) is 13.6. The molecule has 1 aromatic heterocycles. The van der Waals surface area contributed by atoms with Crippen molar-refractivity contribution < 1.29 is 0 Å². The van der Waals surface area contributed by atoms with E-state index in [0.717, 1.165) is 4.77 Å². The smallest absolute Gasteiger partial charge is 0.182 e. The van der Waals surface area contributed by atoms with E-state index in [2.05, 4.69) is 48.5 Å². The molecule has 1 N–H and O–H groups in total. The van der Waals surface area contributed by atoms with Gasteiger partial charge in [-0.3, -0.25) is 4.57 Å². The summed E-state index contributed by atoms with van der Waals surface area (Å²) in [6, 6.07) is 6.77. The number of H-pyrrole nitrogens is 1. The molecule has 1 aromatic carbocycles. The van der Waals surface area contributed by atoms with Crippen molar-refractivity contribution in [2.75, 3.05) is 0 Å². The van der Waals surface area contributed by atoms with E-state index in [9.17, 15) is 0 Å². The van der Waals surface area contributed by atoms with Crippen molar-refractivity contribution in [1.29, 1.82) is 0 Å². The van der Waals surface area contributed by atoms with Gasteiger partial charge in [0.05, 0.1) is 0 Å². The molecule has 3 heteroatoms. The fourth-order valence-corrected chi connectivity index (χ4v) is 3.14. The number of nitrogens with one attached hydrogen (secondary N) is 1. The summed E-state index contributed by atoms with van der Waals surface area (Å²) >= 11 is 5.46. The maximum Gasteiger partial charge on any atom is 0.182 e. The molecule has 0 aliphatic heterocycles. The van der Waals surface area contributed by atoms with E-state index in [1.807, 2.05) is 6.20 Å². The van der Waals surface area contributed by atoms with Gasteiger partial charge in [-0.25, -0.2) is 0 Å². The third-order valence-corrected chi connectivity index (χ3v) is 4.19. The fraction of sp³-hybridized carbons (Fsp3) is 0.438. The SMILES string of the molecule is CC(C)(C)c1c[nH]c(=S)n1-c1ccc2c(c1)CCC2. The van der Waals surface area contributed by atoms with Crippen LogP contribution in [0, 0.1) is 4.77 Å². The predicted molar refractivity (Wildman–Crippen MR) is 81.7 cm³/mol. The van der Waals surface area contributed by atoms with Gasteiger partial charge in [-0.2, -0.15) is 0 Å². The van der Waals surface area contributed by atoms with Crippen LogP contribution in [0.3, 0.4) is 0 Å². The number of hydrogen-bond acceptors (Lipinski definition) is 1. The summed E-state index contributed by atoms with van der Waals surface area (Å²) in [5.41, 5.74) is 5.49. The number of benzene rings is 1. The van der Waals surface area contributed by atoms with E-state index >= 15 is 0 Å². The second-order valence-electron chi connectivity index (χ2n) is 6.37. The second-order valence-corrected chi connectivity index (χ2v) is 6.76. The molecule has 0 spiro atoms. The molecule has 2 nitrogen and oxygen atoms in total. The first kappa shape index (κ1) is 12.7. The number of hydrogen-bond donors (Lipinski definition) is 1. The van der Waals surface area contributed by atoms with Crippen LogP contribution in [0.25, 0.3) is 5.69 Å². The topological polar surface area (TPSA) is 20.7 Å². The molecule has 0 unspecified atom stereocenters. The lowest BCUT2D eigenvalue weighted by molar-refractivity contribution is 0.555. The van der Waals surface area contributed by atoms with Crippen LogP contribution in [0.15, 0.2) is 24.4 Å². The number of rotatable bonds is 1. The molecule has 0 fully saturated rings. The minimum absolute atomic E-state index is 0.0760. The van der Waals surface area contributed by atoms with Crippen LogP contribution >= 0.6 is 12.2 Å². The highest BCUT2D eigenvalue weighted by molar-refractivity contribution is 7.71. The first-order valence-corrected chi connectivity index (χ1v) is 7.31. The van der Waals surface area contributed by atoms with Crippen molar-refractivity contribution in [3.8, 4) is 5.69 Å². The predicted octanol–water partition coefficient (Wildman–Crippen LogP) is 4.32. The number of aromatic nitrogens is 2. The second kappa shape index (κ2) is 4.34. The molecule has 0 atom stereocenters. The van der Waals surface area contributed by atoms with E-state index in [1.165, 1.54) is 41.8 Å². The highest BCUT2D eigenvalue weighted by Gasteiger charge is 2.21. The van der Waals surface area contributed by atoms with Crippen molar-refractivity contribution >= 4 is 12.2 Å². The summed E-state index contributed by atoms with van der Waals surface area (Å²) in [5.74, 6) is 0. The summed E-state index contributed by atoms with van der Waals surface area (Å²) in [7, 11) is 0. The molecule has 1 aliphatic carbocycles. The van der Waals surface area contributed by atoms with Gasteiger partial charge in [0.2, 0.25) is 0 Å². The number of nitrogens with zero attached hydrogens (tertiary/aromatic N) is 1. The minimum atomic E-state index is 0.0760. The third-order valence-electron chi connectivity index (χ3n) is 3.89. The quantitative estimate of drug-likeness (QED) is 0.767. The Hall–Kier alpha value is -1.35. The van der Waals surface area contributed by atoms with Gasteiger partial charge in [0.25, 0.3) is 0 Å². The Morgan fingerprint density at radius 1 is 1.16 bits per heavy atom. The van der Waals surface area contributed by atoms with Crippen LogP contribution in [-0.4, -0.2) is 9.55 Å². The Kier molecular flexibility index (Phi) is 2.90. The molecule has 1 heterocycles. The van der Waals surface area contributed by atoms with Crippen LogP contribution in [0.2, 0.25) is 0 Å². The summed E-state index contributed by atoms with van der Waals surface area (Å²) in [6.45, 7) is 6.65. The number of fused-ring (bicyclic) bond motifs is 1. The highest BCUT2D eigenvalue weighted by Crippen LogP contribution is 2.28. The van der Waals surface area contributed by atoms with E-state index in [0.29, 0.717) is 0 Å². The van der Waals surface area contributed by atoms with Crippen molar-refractivity contribution in [2.45, 2.75) is 45.4 Å². The van der Waals surface area contributed by atoms with E-state index in [4.69, 9.17) is 12.2 Å². The number of aromatic amines is 1. The van der Waals surface area contributed by atoms with Crippen LogP contribution in [-0.2, 0) is 18.3 Å². The van der Waals surface area contributed by atoms with Gasteiger partial charge in [0.15, 0.2) is 4.77 Å². The van der Waals surface area contributed by atoms with E-state index < -0.39 is 0 Å². The van der Waals surface area contributed by atoms with Crippen molar-refractivity contribution in [1.82, 2.24) is 9.55 Å². The molecule has 1 aliphatic rings. The Morgan fingerprint density at radius 2 is 1.89 bits per heavy atom. The average Bonchev–Trinajstić information content (AvgIpc) is 2.92. The molecule has 0 saturated heterocycles. The number of imidazole rings is 1. The molecule has 0 radical (unpaired) electrons. The molecule has 19 heavy (non-hydrogen) atoms. The maximum absolute atomic E-state index is 5.46. The normalized spacial score (nSPS) is 14.7. The standard InChI is InChI=1S/C16H20N2S/c1-16(2,3)14-10-17-15(19)18(14)13-8-7-11-5-4-6-12(11)9-13/h7-10H,4-6H2,1-3H3,(H,17,19). The van der Waals surface area contributed by atoms with Gasteiger partial charge in [0, 0.05) is 23.0 Å². The van der Waals surface area contributed by atoms with Gasteiger partial charge in [-0.1, -0.05) is 26.8 Å². The Bertz CT molecular complexity index is 671. The largest absolute Gasteiger partial charge is 0.337 e. The highest BCUT2D eigenvalue weighted by atomic mass is 32.1. The molecular formula is C16H20N2S.